The van der Waals surface area contributed by atoms with E-state index >= 15 is 0 Å². The molecule has 7 nitrogen and oxygen atoms in total. The molecule has 0 unspecified atom stereocenters. The SMILES string of the molecule is CCC(CC)(NC(=O)c1cn(C)cn1)C(N)=NO. The quantitative estimate of drug-likeness (QED) is 0.306. The molecule has 0 radical (unpaired) electrons. The second kappa shape index (κ2) is 5.52. The third kappa shape index (κ3) is 2.61. The highest BCUT2D eigenvalue weighted by molar-refractivity contribution is 5.99. The zero-order valence-corrected chi connectivity index (χ0v) is 10.8. The van der Waals surface area contributed by atoms with Gasteiger partial charge in [-0.2, -0.15) is 0 Å². The van der Waals surface area contributed by atoms with Gasteiger partial charge in [0, 0.05) is 13.2 Å². The third-order valence-corrected chi connectivity index (χ3v) is 3.10. The minimum Gasteiger partial charge on any atom is -0.409 e. The van der Waals surface area contributed by atoms with Crippen molar-refractivity contribution in [2.24, 2.45) is 17.9 Å². The lowest BCUT2D eigenvalue weighted by Crippen LogP contribution is -2.56. The van der Waals surface area contributed by atoms with Gasteiger partial charge in [0.25, 0.3) is 5.91 Å². The maximum atomic E-state index is 12.0. The second-order valence-corrected chi connectivity index (χ2v) is 4.15. The highest BCUT2D eigenvalue weighted by Gasteiger charge is 2.33. The maximum absolute atomic E-state index is 12.0. The Morgan fingerprint density at radius 3 is 2.61 bits per heavy atom. The number of nitrogens with two attached hydrogens (primary N) is 1. The Balaban J connectivity index is 2.95. The van der Waals surface area contributed by atoms with Gasteiger partial charge in [-0.3, -0.25) is 4.79 Å². The van der Waals surface area contributed by atoms with Crippen LogP contribution in [0, 0.1) is 0 Å². The van der Waals surface area contributed by atoms with E-state index in [1.807, 2.05) is 13.8 Å². The average molecular weight is 253 g/mol. The molecule has 1 aromatic rings. The van der Waals surface area contributed by atoms with Gasteiger partial charge in [-0.15, -0.1) is 0 Å². The van der Waals surface area contributed by atoms with Crippen LogP contribution in [0.1, 0.15) is 37.2 Å². The molecule has 1 rings (SSSR count). The molecular weight excluding hydrogens is 234 g/mol. The van der Waals surface area contributed by atoms with Crippen LogP contribution in [0.25, 0.3) is 0 Å². The van der Waals surface area contributed by atoms with Gasteiger partial charge in [-0.05, 0) is 12.8 Å². The summed E-state index contributed by atoms with van der Waals surface area (Å²) in [6, 6.07) is 0. The molecule has 4 N–H and O–H groups in total. The van der Waals surface area contributed by atoms with Crippen molar-refractivity contribution in [2.45, 2.75) is 32.2 Å². The van der Waals surface area contributed by atoms with E-state index in [-0.39, 0.29) is 11.7 Å². The number of nitrogens with one attached hydrogen (secondary N) is 1. The van der Waals surface area contributed by atoms with Crippen LogP contribution in [0.15, 0.2) is 17.7 Å². The summed E-state index contributed by atoms with van der Waals surface area (Å²) >= 11 is 0. The van der Waals surface area contributed by atoms with Crippen LogP contribution in [-0.4, -0.2) is 32.0 Å². The van der Waals surface area contributed by atoms with Crippen LogP contribution in [0.4, 0.5) is 0 Å². The molecule has 1 amide bonds. The van der Waals surface area contributed by atoms with Crippen LogP contribution in [0.2, 0.25) is 0 Å². The van der Waals surface area contributed by atoms with Crippen LogP contribution >= 0.6 is 0 Å². The van der Waals surface area contributed by atoms with Gasteiger partial charge in [0.15, 0.2) is 5.84 Å². The lowest BCUT2D eigenvalue weighted by Gasteiger charge is -2.30. The lowest BCUT2D eigenvalue weighted by molar-refractivity contribution is 0.0913. The smallest absolute Gasteiger partial charge is 0.272 e. The molecule has 0 aromatic carbocycles. The summed E-state index contributed by atoms with van der Waals surface area (Å²) in [6.45, 7) is 3.72. The van der Waals surface area contributed by atoms with Gasteiger partial charge in [0.2, 0.25) is 0 Å². The zero-order valence-electron chi connectivity index (χ0n) is 10.8. The minimum atomic E-state index is -0.844. The van der Waals surface area contributed by atoms with Gasteiger partial charge < -0.3 is 20.8 Å². The topological polar surface area (TPSA) is 106 Å². The summed E-state index contributed by atoms with van der Waals surface area (Å²) in [5.74, 6) is -0.345. The van der Waals surface area contributed by atoms with E-state index in [0.29, 0.717) is 18.5 Å². The number of nitrogens with zero attached hydrogens (tertiary/aromatic N) is 3. The Labute approximate surface area is 106 Å². The number of rotatable bonds is 5. The van der Waals surface area contributed by atoms with Gasteiger partial charge in [-0.1, -0.05) is 19.0 Å². The predicted octanol–water partition coefficient (Wildman–Crippen LogP) is 0.455. The summed E-state index contributed by atoms with van der Waals surface area (Å²) in [7, 11) is 1.78. The number of aryl methyl sites for hydroxylation is 1. The first-order valence-corrected chi connectivity index (χ1v) is 5.77. The largest absolute Gasteiger partial charge is 0.409 e. The fourth-order valence-electron chi connectivity index (χ4n) is 1.76. The van der Waals surface area contributed by atoms with E-state index in [1.54, 1.807) is 17.8 Å². The van der Waals surface area contributed by atoms with Crippen molar-refractivity contribution in [3.63, 3.8) is 0 Å². The fraction of sp³-hybridized carbons (Fsp3) is 0.545. The van der Waals surface area contributed by atoms with E-state index < -0.39 is 5.54 Å². The molecular formula is C11H19N5O2. The summed E-state index contributed by atoms with van der Waals surface area (Å²) in [4.78, 5) is 16.0. The standard InChI is InChI=1S/C11H19N5O2/c1-4-11(5-2,10(12)15-18)14-9(17)8-6-16(3)7-13-8/h6-7,18H,4-5H2,1-3H3,(H2,12,15)(H,14,17). The molecule has 1 heterocycles. The van der Waals surface area contributed by atoms with E-state index in [4.69, 9.17) is 10.9 Å². The van der Waals surface area contributed by atoms with Crippen molar-refractivity contribution in [1.29, 1.82) is 0 Å². The zero-order chi connectivity index (χ0) is 13.8. The number of hydrogen-bond acceptors (Lipinski definition) is 4. The molecule has 0 aliphatic rings. The Morgan fingerprint density at radius 1 is 1.61 bits per heavy atom. The molecule has 0 saturated heterocycles. The molecule has 0 aliphatic heterocycles. The Hall–Kier alpha value is -2.05. The van der Waals surface area contributed by atoms with Gasteiger partial charge in [-0.25, -0.2) is 4.98 Å². The highest BCUT2D eigenvalue weighted by Crippen LogP contribution is 2.16. The molecule has 18 heavy (non-hydrogen) atoms. The molecule has 100 valence electrons. The van der Waals surface area contributed by atoms with Crippen molar-refractivity contribution in [2.75, 3.05) is 0 Å². The highest BCUT2D eigenvalue weighted by atomic mass is 16.4. The van der Waals surface area contributed by atoms with E-state index in [0.717, 1.165) is 0 Å². The van der Waals surface area contributed by atoms with E-state index in [2.05, 4.69) is 15.5 Å². The van der Waals surface area contributed by atoms with Crippen LogP contribution < -0.4 is 11.1 Å². The Kier molecular flexibility index (Phi) is 4.30. The summed E-state index contributed by atoms with van der Waals surface area (Å²) in [5, 5.41) is 14.6. The van der Waals surface area contributed by atoms with Crippen molar-refractivity contribution in [3.05, 3.63) is 18.2 Å². The van der Waals surface area contributed by atoms with Crippen molar-refractivity contribution < 1.29 is 10.0 Å². The van der Waals surface area contributed by atoms with Gasteiger partial charge >= 0.3 is 0 Å². The number of oxime groups is 1. The van der Waals surface area contributed by atoms with Crippen molar-refractivity contribution in [1.82, 2.24) is 14.9 Å². The number of imidazole rings is 1. The van der Waals surface area contributed by atoms with Gasteiger partial charge in [0.1, 0.15) is 11.2 Å². The van der Waals surface area contributed by atoms with Crippen LogP contribution in [-0.2, 0) is 7.05 Å². The molecule has 0 spiro atoms. The first-order chi connectivity index (χ1) is 8.49. The molecule has 7 heteroatoms. The minimum absolute atomic E-state index is 0.00298. The summed E-state index contributed by atoms with van der Waals surface area (Å²) in [5.41, 5.74) is 5.12. The second-order valence-electron chi connectivity index (χ2n) is 4.15. The average Bonchev–Trinajstić information content (AvgIpc) is 2.81. The van der Waals surface area contributed by atoms with Crippen LogP contribution in [0.5, 0.6) is 0 Å². The summed E-state index contributed by atoms with van der Waals surface area (Å²) in [6.07, 6.45) is 4.20. The maximum Gasteiger partial charge on any atom is 0.272 e. The predicted molar refractivity (Wildman–Crippen MR) is 67.4 cm³/mol. The number of carbonyl (C=O) groups excluding carboxylic acids is 1. The molecule has 0 aliphatic carbocycles. The van der Waals surface area contributed by atoms with Gasteiger partial charge in [0.05, 0.1) is 6.33 Å². The van der Waals surface area contributed by atoms with E-state index in [1.165, 1.54) is 6.33 Å². The number of carbonyl (C=O) groups is 1. The monoisotopic (exact) mass is 253 g/mol. The number of amidine groups is 1. The number of aromatic nitrogens is 2. The third-order valence-electron chi connectivity index (χ3n) is 3.10. The first kappa shape index (κ1) is 14.0. The lowest BCUT2D eigenvalue weighted by atomic mass is 9.91. The van der Waals surface area contributed by atoms with Crippen molar-refractivity contribution >= 4 is 11.7 Å². The molecule has 0 saturated carbocycles. The molecule has 0 atom stereocenters. The van der Waals surface area contributed by atoms with Crippen molar-refractivity contribution in [3.8, 4) is 0 Å². The number of hydrogen-bond donors (Lipinski definition) is 3. The normalized spacial score (nSPS) is 12.5. The Morgan fingerprint density at radius 2 is 2.22 bits per heavy atom. The van der Waals surface area contributed by atoms with Crippen LogP contribution in [0.3, 0.4) is 0 Å². The van der Waals surface area contributed by atoms with E-state index in [9.17, 15) is 4.79 Å². The first-order valence-electron chi connectivity index (χ1n) is 5.77. The Bertz CT molecular complexity index is 448. The molecule has 1 aromatic heterocycles. The fourth-order valence-corrected chi connectivity index (χ4v) is 1.76. The summed E-state index contributed by atoms with van der Waals surface area (Å²) < 4.78 is 1.68. The molecule has 0 fully saturated rings. The number of amides is 1. The molecule has 0 bridgehead atoms.